The number of nitrogens with two attached hydrogens (primary N) is 2. The standard InChI is InChI=1S/C13H14N2O2/c1-8-2-5-13(11(15)6-8)17-9-3-4-10(14)12(16)7-9/h2-7,16H,14-15H2,1H3. The van der Waals surface area contributed by atoms with Crippen molar-refractivity contribution in [1.29, 1.82) is 0 Å². The van der Waals surface area contributed by atoms with E-state index in [1.165, 1.54) is 6.07 Å². The van der Waals surface area contributed by atoms with E-state index in [0.717, 1.165) is 5.56 Å². The lowest BCUT2D eigenvalue weighted by molar-refractivity contribution is 0.458. The molecule has 0 saturated carbocycles. The highest BCUT2D eigenvalue weighted by molar-refractivity contribution is 5.58. The molecule has 4 heteroatoms. The molecule has 0 spiro atoms. The van der Waals surface area contributed by atoms with Crippen LogP contribution in [0.4, 0.5) is 11.4 Å². The first kappa shape index (κ1) is 11.1. The fourth-order valence-corrected chi connectivity index (χ4v) is 1.47. The van der Waals surface area contributed by atoms with Crippen LogP contribution in [0.15, 0.2) is 36.4 Å². The predicted molar refractivity (Wildman–Crippen MR) is 68.2 cm³/mol. The van der Waals surface area contributed by atoms with Gasteiger partial charge in [0.05, 0.1) is 11.4 Å². The maximum absolute atomic E-state index is 9.46. The van der Waals surface area contributed by atoms with Crippen molar-refractivity contribution >= 4 is 11.4 Å². The van der Waals surface area contributed by atoms with Gasteiger partial charge in [0.25, 0.3) is 0 Å². The van der Waals surface area contributed by atoms with Crippen molar-refractivity contribution < 1.29 is 9.84 Å². The second-order valence-electron chi connectivity index (χ2n) is 3.86. The second-order valence-corrected chi connectivity index (χ2v) is 3.86. The first-order valence-electron chi connectivity index (χ1n) is 5.19. The Bertz CT molecular complexity index is 553. The molecule has 17 heavy (non-hydrogen) atoms. The third-order valence-corrected chi connectivity index (χ3v) is 2.39. The van der Waals surface area contributed by atoms with Crippen LogP contribution in [0.3, 0.4) is 0 Å². The zero-order valence-electron chi connectivity index (χ0n) is 9.47. The summed E-state index contributed by atoms with van der Waals surface area (Å²) in [5.41, 5.74) is 13.3. The number of nitrogen functional groups attached to an aromatic ring is 2. The molecule has 0 bridgehead atoms. The van der Waals surface area contributed by atoms with Gasteiger partial charge in [-0.05, 0) is 36.8 Å². The molecule has 4 nitrogen and oxygen atoms in total. The molecule has 88 valence electrons. The maximum Gasteiger partial charge on any atom is 0.150 e. The van der Waals surface area contributed by atoms with E-state index in [1.54, 1.807) is 18.2 Å². The first-order chi connectivity index (χ1) is 8.06. The smallest absolute Gasteiger partial charge is 0.150 e. The highest BCUT2D eigenvalue weighted by Crippen LogP contribution is 2.31. The van der Waals surface area contributed by atoms with Gasteiger partial charge in [-0.1, -0.05) is 6.07 Å². The molecular weight excluding hydrogens is 216 g/mol. The summed E-state index contributed by atoms with van der Waals surface area (Å²) in [5, 5.41) is 9.46. The minimum Gasteiger partial charge on any atom is -0.506 e. The average Bonchev–Trinajstić information content (AvgIpc) is 2.27. The van der Waals surface area contributed by atoms with Crippen LogP contribution in [0.5, 0.6) is 17.2 Å². The molecule has 0 atom stereocenters. The van der Waals surface area contributed by atoms with Crippen LogP contribution in [0.1, 0.15) is 5.56 Å². The topological polar surface area (TPSA) is 81.5 Å². The van der Waals surface area contributed by atoms with Gasteiger partial charge in [-0.15, -0.1) is 0 Å². The molecule has 0 radical (unpaired) electrons. The number of ether oxygens (including phenoxy) is 1. The van der Waals surface area contributed by atoms with Gasteiger partial charge in [-0.2, -0.15) is 0 Å². The van der Waals surface area contributed by atoms with Crippen LogP contribution in [0.25, 0.3) is 0 Å². The number of hydrogen-bond acceptors (Lipinski definition) is 4. The highest BCUT2D eigenvalue weighted by Gasteiger charge is 2.04. The summed E-state index contributed by atoms with van der Waals surface area (Å²) in [5.74, 6) is 1.04. The van der Waals surface area contributed by atoms with Crippen molar-refractivity contribution in [2.75, 3.05) is 11.5 Å². The summed E-state index contributed by atoms with van der Waals surface area (Å²) in [4.78, 5) is 0. The molecule has 0 aliphatic rings. The molecule has 0 amide bonds. The summed E-state index contributed by atoms with van der Waals surface area (Å²) in [6, 6.07) is 10.2. The minimum absolute atomic E-state index is 0.00631. The van der Waals surface area contributed by atoms with E-state index in [-0.39, 0.29) is 5.75 Å². The predicted octanol–water partition coefficient (Wildman–Crippen LogP) is 2.66. The van der Waals surface area contributed by atoms with Crippen molar-refractivity contribution in [2.24, 2.45) is 0 Å². The number of anilines is 2. The van der Waals surface area contributed by atoms with Crippen molar-refractivity contribution in [3.8, 4) is 17.2 Å². The molecular formula is C13H14N2O2. The van der Waals surface area contributed by atoms with Crippen molar-refractivity contribution in [2.45, 2.75) is 6.92 Å². The molecule has 0 unspecified atom stereocenters. The molecule has 0 aliphatic carbocycles. The third kappa shape index (κ3) is 2.42. The SMILES string of the molecule is Cc1ccc(Oc2ccc(N)c(O)c2)c(N)c1. The van der Waals surface area contributed by atoms with E-state index < -0.39 is 0 Å². The van der Waals surface area contributed by atoms with Gasteiger partial charge < -0.3 is 21.3 Å². The molecule has 0 aromatic heterocycles. The van der Waals surface area contributed by atoms with Gasteiger partial charge in [0.15, 0.2) is 0 Å². The summed E-state index contributed by atoms with van der Waals surface area (Å²) >= 11 is 0. The average molecular weight is 230 g/mol. The van der Waals surface area contributed by atoms with Crippen molar-refractivity contribution in [1.82, 2.24) is 0 Å². The fourth-order valence-electron chi connectivity index (χ4n) is 1.47. The van der Waals surface area contributed by atoms with E-state index in [2.05, 4.69) is 0 Å². The lowest BCUT2D eigenvalue weighted by Crippen LogP contribution is -1.93. The number of aromatic hydroxyl groups is 1. The van der Waals surface area contributed by atoms with Gasteiger partial charge in [-0.25, -0.2) is 0 Å². The summed E-state index contributed by atoms with van der Waals surface area (Å²) in [6.45, 7) is 1.95. The van der Waals surface area contributed by atoms with Crippen molar-refractivity contribution in [3.05, 3.63) is 42.0 Å². The molecule has 2 aromatic rings. The second kappa shape index (κ2) is 4.25. The van der Waals surface area contributed by atoms with Gasteiger partial charge in [0, 0.05) is 6.07 Å². The third-order valence-electron chi connectivity index (χ3n) is 2.39. The Morgan fingerprint density at radius 2 is 1.76 bits per heavy atom. The van der Waals surface area contributed by atoms with E-state index >= 15 is 0 Å². The molecule has 2 rings (SSSR count). The Labute approximate surface area is 99.4 Å². The Balaban J connectivity index is 2.28. The normalized spacial score (nSPS) is 10.2. The van der Waals surface area contributed by atoms with Crippen LogP contribution >= 0.6 is 0 Å². The summed E-state index contributed by atoms with van der Waals surface area (Å²) in [6.07, 6.45) is 0. The number of phenolic OH excluding ortho intramolecular Hbond substituents is 1. The first-order valence-corrected chi connectivity index (χ1v) is 5.19. The van der Waals surface area contributed by atoms with Crippen LogP contribution in [0.2, 0.25) is 0 Å². The molecule has 0 saturated heterocycles. The van der Waals surface area contributed by atoms with E-state index in [0.29, 0.717) is 22.9 Å². The Morgan fingerprint density at radius 3 is 2.41 bits per heavy atom. The maximum atomic E-state index is 9.46. The van der Waals surface area contributed by atoms with Crippen LogP contribution < -0.4 is 16.2 Å². The van der Waals surface area contributed by atoms with Gasteiger partial charge in [0.2, 0.25) is 0 Å². The van der Waals surface area contributed by atoms with Crippen LogP contribution in [-0.4, -0.2) is 5.11 Å². The lowest BCUT2D eigenvalue weighted by atomic mass is 10.2. The Kier molecular flexibility index (Phi) is 2.78. The van der Waals surface area contributed by atoms with Gasteiger partial charge in [0.1, 0.15) is 17.2 Å². The monoisotopic (exact) mass is 230 g/mol. The molecule has 2 aromatic carbocycles. The molecule has 0 fully saturated rings. The molecule has 0 heterocycles. The van der Waals surface area contributed by atoms with Gasteiger partial charge in [-0.3, -0.25) is 0 Å². The number of benzene rings is 2. The molecule has 0 aliphatic heterocycles. The molecule has 5 N–H and O–H groups in total. The van der Waals surface area contributed by atoms with Gasteiger partial charge >= 0.3 is 0 Å². The van der Waals surface area contributed by atoms with E-state index in [1.807, 2.05) is 19.1 Å². The van der Waals surface area contributed by atoms with Crippen LogP contribution in [0, 0.1) is 6.92 Å². The lowest BCUT2D eigenvalue weighted by Gasteiger charge is -2.09. The Morgan fingerprint density at radius 1 is 1.00 bits per heavy atom. The zero-order valence-corrected chi connectivity index (χ0v) is 9.47. The summed E-state index contributed by atoms with van der Waals surface area (Å²) < 4.78 is 5.56. The number of rotatable bonds is 2. The highest BCUT2D eigenvalue weighted by atomic mass is 16.5. The fraction of sp³-hybridized carbons (Fsp3) is 0.0769. The summed E-state index contributed by atoms with van der Waals surface area (Å²) in [7, 11) is 0. The Hall–Kier alpha value is -2.36. The number of hydrogen-bond donors (Lipinski definition) is 3. The zero-order chi connectivity index (χ0) is 12.4. The van der Waals surface area contributed by atoms with E-state index in [4.69, 9.17) is 16.2 Å². The number of phenols is 1. The number of aryl methyl sites for hydroxylation is 1. The largest absolute Gasteiger partial charge is 0.506 e. The minimum atomic E-state index is -0.00631. The quantitative estimate of drug-likeness (QED) is 0.547. The van der Waals surface area contributed by atoms with Crippen molar-refractivity contribution in [3.63, 3.8) is 0 Å². The van der Waals surface area contributed by atoms with Crippen LogP contribution in [-0.2, 0) is 0 Å². The van der Waals surface area contributed by atoms with E-state index in [9.17, 15) is 5.11 Å².